The quantitative estimate of drug-likeness (QED) is 0.320. The van der Waals surface area contributed by atoms with Crippen molar-refractivity contribution < 1.29 is 18.9 Å². The van der Waals surface area contributed by atoms with Gasteiger partial charge in [-0.3, -0.25) is 0 Å². The van der Waals surface area contributed by atoms with Crippen LogP contribution in [0.1, 0.15) is 39.5 Å². The molecular weight excluding hydrogens is 163 g/mol. The summed E-state index contributed by atoms with van der Waals surface area (Å²) < 4.78 is 0. The van der Waals surface area contributed by atoms with Crippen molar-refractivity contribution >= 4 is 0 Å². The first kappa shape index (κ1) is 16.5. The molecule has 0 fully saturated rings. The van der Waals surface area contributed by atoms with Crippen molar-refractivity contribution in [3.63, 3.8) is 0 Å². The van der Waals surface area contributed by atoms with E-state index in [4.69, 9.17) is 0 Å². The summed E-state index contributed by atoms with van der Waals surface area (Å²) >= 11 is 0. The molecule has 0 rings (SSSR count). The SMILES string of the molecule is C=CCCC(CCC([CH2-])C)C(=C)C.[Li+]. The first-order valence-corrected chi connectivity index (χ1v) is 5.17. The molecule has 2 unspecified atom stereocenters. The topological polar surface area (TPSA) is 0 Å². The van der Waals surface area contributed by atoms with Crippen LogP contribution in [0.5, 0.6) is 0 Å². The zero-order valence-electron chi connectivity index (χ0n) is 10.2. The van der Waals surface area contributed by atoms with Crippen LogP contribution in [-0.2, 0) is 0 Å². The first-order valence-electron chi connectivity index (χ1n) is 5.17. The van der Waals surface area contributed by atoms with Gasteiger partial charge >= 0.3 is 18.9 Å². The van der Waals surface area contributed by atoms with Crippen molar-refractivity contribution in [3.05, 3.63) is 31.7 Å². The van der Waals surface area contributed by atoms with Crippen LogP contribution in [0.3, 0.4) is 0 Å². The Labute approximate surface area is 102 Å². The van der Waals surface area contributed by atoms with Gasteiger partial charge in [0.25, 0.3) is 0 Å². The third-order valence-corrected chi connectivity index (χ3v) is 2.42. The number of rotatable bonds is 7. The molecular formula is C13H23Li. The molecule has 0 saturated heterocycles. The second-order valence-corrected chi connectivity index (χ2v) is 4.09. The van der Waals surface area contributed by atoms with E-state index >= 15 is 0 Å². The maximum absolute atomic E-state index is 4.03. The minimum atomic E-state index is 0. The summed E-state index contributed by atoms with van der Waals surface area (Å²) in [6, 6.07) is 0. The summed E-state index contributed by atoms with van der Waals surface area (Å²) in [6.45, 7) is 16.1. The van der Waals surface area contributed by atoms with Crippen LogP contribution in [0, 0.1) is 18.8 Å². The van der Waals surface area contributed by atoms with Crippen molar-refractivity contribution in [3.8, 4) is 0 Å². The summed E-state index contributed by atoms with van der Waals surface area (Å²) in [4.78, 5) is 0. The van der Waals surface area contributed by atoms with Gasteiger partial charge in [-0.05, 0) is 32.1 Å². The van der Waals surface area contributed by atoms with Crippen LogP contribution in [0.4, 0.5) is 0 Å². The molecule has 0 aliphatic carbocycles. The van der Waals surface area contributed by atoms with Crippen LogP contribution in [0.25, 0.3) is 0 Å². The predicted octanol–water partition coefficient (Wildman–Crippen LogP) is 1.40. The molecule has 1 heteroatoms. The Hall–Kier alpha value is 0.0774. The first-order chi connectivity index (χ1) is 6.07. The van der Waals surface area contributed by atoms with E-state index in [1.165, 1.54) is 24.8 Å². The van der Waals surface area contributed by atoms with Crippen LogP contribution in [0.2, 0.25) is 0 Å². The maximum Gasteiger partial charge on any atom is 1.00 e. The largest absolute Gasteiger partial charge is 1.00 e. The molecule has 76 valence electrons. The van der Waals surface area contributed by atoms with Crippen molar-refractivity contribution in [2.75, 3.05) is 0 Å². The Morgan fingerprint density at radius 2 is 1.93 bits per heavy atom. The van der Waals surface area contributed by atoms with E-state index < -0.39 is 0 Å². The fourth-order valence-electron chi connectivity index (χ4n) is 1.44. The molecule has 0 bridgehead atoms. The third-order valence-electron chi connectivity index (χ3n) is 2.42. The van der Waals surface area contributed by atoms with E-state index in [-0.39, 0.29) is 18.9 Å². The van der Waals surface area contributed by atoms with Crippen LogP contribution >= 0.6 is 0 Å². The average molecular weight is 186 g/mol. The van der Waals surface area contributed by atoms with E-state index in [0.717, 1.165) is 6.42 Å². The Balaban J connectivity index is 0. The maximum atomic E-state index is 4.03. The smallest absolute Gasteiger partial charge is 0.341 e. The minimum absolute atomic E-state index is 0. The molecule has 0 aromatic rings. The zero-order valence-corrected chi connectivity index (χ0v) is 10.2. The second-order valence-electron chi connectivity index (χ2n) is 4.09. The van der Waals surface area contributed by atoms with Crippen molar-refractivity contribution in [2.45, 2.75) is 39.5 Å². The van der Waals surface area contributed by atoms with Gasteiger partial charge in [-0.1, -0.05) is 31.6 Å². The van der Waals surface area contributed by atoms with Gasteiger partial charge in [-0.15, -0.1) is 6.58 Å². The summed E-state index contributed by atoms with van der Waals surface area (Å²) in [5, 5.41) is 0. The predicted molar refractivity (Wildman–Crippen MR) is 61.5 cm³/mol. The monoisotopic (exact) mass is 186 g/mol. The van der Waals surface area contributed by atoms with E-state index in [2.05, 4.69) is 33.9 Å². The molecule has 0 spiro atoms. The van der Waals surface area contributed by atoms with Gasteiger partial charge in [-0.2, -0.15) is 5.92 Å². The molecule has 0 amide bonds. The van der Waals surface area contributed by atoms with Gasteiger partial charge < -0.3 is 6.92 Å². The normalized spacial score (nSPS) is 13.9. The molecule has 0 heterocycles. The Kier molecular flexibility index (Phi) is 11.3. The molecule has 0 radical (unpaired) electrons. The van der Waals surface area contributed by atoms with Crippen LogP contribution in [0.15, 0.2) is 24.8 Å². The Morgan fingerprint density at radius 3 is 2.29 bits per heavy atom. The molecule has 14 heavy (non-hydrogen) atoms. The molecule has 0 aromatic carbocycles. The Bertz CT molecular complexity index is 159. The van der Waals surface area contributed by atoms with Gasteiger partial charge in [0.05, 0.1) is 0 Å². The van der Waals surface area contributed by atoms with Gasteiger partial charge in [0, 0.05) is 0 Å². The molecule has 0 aromatic heterocycles. The summed E-state index contributed by atoms with van der Waals surface area (Å²) in [5.74, 6) is 1.23. The Morgan fingerprint density at radius 1 is 1.36 bits per heavy atom. The van der Waals surface area contributed by atoms with Crippen molar-refractivity contribution in [2.24, 2.45) is 11.8 Å². The van der Waals surface area contributed by atoms with Gasteiger partial charge in [0.15, 0.2) is 0 Å². The number of allylic oxidation sites excluding steroid dienone is 2. The van der Waals surface area contributed by atoms with E-state index in [1.54, 1.807) is 0 Å². The third kappa shape index (κ3) is 8.67. The van der Waals surface area contributed by atoms with Crippen LogP contribution < -0.4 is 18.9 Å². The van der Waals surface area contributed by atoms with Crippen molar-refractivity contribution in [1.82, 2.24) is 0 Å². The van der Waals surface area contributed by atoms with E-state index in [1.807, 2.05) is 6.08 Å². The summed E-state index contributed by atoms with van der Waals surface area (Å²) in [7, 11) is 0. The summed E-state index contributed by atoms with van der Waals surface area (Å²) in [6.07, 6.45) is 6.72. The van der Waals surface area contributed by atoms with Gasteiger partial charge in [0.1, 0.15) is 0 Å². The molecule has 0 saturated carbocycles. The summed E-state index contributed by atoms with van der Waals surface area (Å²) in [5.41, 5.74) is 1.31. The van der Waals surface area contributed by atoms with E-state index in [0.29, 0.717) is 11.8 Å². The average Bonchev–Trinajstić information content (AvgIpc) is 2.03. The zero-order chi connectivity index (χ0) is 10.3. The molecule has 0 aliphatic rings. The van der Waals surface area contributed by atoms with Crippen LogP contribution in [-0.4, -0.2) is 0 Å². The molecule has 0 N–H and O–H groups in total. The standard InChI is InChI=1S/C13H23.Li/c1-6-7-8-13(12(4)5)10-9-11(2)3;/h6,11,13H,1-2,4,7-10H2,3,5H3;/q-1;+1. The second kappa shape index (κ2) is 9.63. The van der Waals surface area contributed by atoms with Crippen molar-refractivity contribution in [1.29, 1.82) is 0 Å². The van der Waals surface area contributed by atoms with Gasteiger partial charge in [0.2, 0.25) is 0 Å². The fourth-order valence-corrected chi connectivity index (χ4v) is 1.44. The number of hydrogen-bond acceptors (Lipinski definition) is 0. The van der Waals surface area contributed by atoms with Gasteiger partial charge in [-0.25, -0.2) is 0 Å². The molecule has 0 nitrogen and oxygen atoms in total. The molecule has 0 aliphatic heterocycles. The molecule has 2 atom stereocenters. The minimum Gasteiger partial charge on any atom is -0.341 e. The number of hydrogen-bond donors (Lipinski definition) is 0. The fraction of sp³-hybridized carbons (Fsp3) is 0.615. The van der Waals surface area contributed by atoms with E-state index in [9.17, 15) is 0 Å².